The summed E-state index contributed by atoms with van der Waals surface area (Å²) in [7, 11) is 2.18. The monoisotopic (exact) mass is 205 g/mol. The lowest BCUT2D eigenvalue weighted by atomic mass is 10.1. The number of piperidine rings is 1. The van der Waals surface area contributed by atoms with Crippen molar-refractivity contribution in [2.24, 2.45) is 0 Å². The van der Waals surface area contributed by atoms with Crippen LogP contribution in [0.1, 0.15) is 18.4 Å². The first-order chi connectivity index (χ1) is 7.25. The number of likely N-dealkylation sites (N-methyl/N-ethyl adjacent to an activating group) is 1. The second kappa shape index (κ2) is 4.62. The molecule has 0 saturated carbocycles. The van der Waals surface area contributed by atoms with Gasteiger partial charge in [-0.1, -0.05) is 0 Å². The molecule has 3 heteroatoms. The van der Waals surface area contributed by atoms with Crippen LogP contribution in [0.3, 0.4) is 0 Å². The summed E-state index contributed by atoms with van der Waals surface area (Å²) >= 11 is 0. The van der Waals surface area contributed by atoms with Gasteiger partial charge < -0.3 is 10.2 Å². The van der Waals surface area contributed by atoms with Crippen molar-refractivity contribution in [2.45, 2.75) is 25.8 Å². The Kier molecular flexibility index (Phi) is 3.21. The third kappa shape index (κ3) is 2.69. The van der Waals surface area contributed by atoms with E-state index in [-0.39, 0.29) is 0 Å². The van der Waals surface area contributed by atoms with Crippen molar-refractivity contribution in [2.75, 3.05) is 25.5 Å². The van der Waals surface area contributed by atoms with Crippen molar-refractivity contribution in [3.8, 4) is 0 Å². The Balaban J connectivity index is 1.99. The van der Waals surface area contributed by atoms with E-state index in [0.29, 0.717) is 6.04 Å². The lowest BCUT2D eigenvalue weighted by Crippen LogP contribution is -2.39. The molecule has 0 spiro atoms. The highest BCUT2D eigenvalue weighted by molar-refractivity contribution is 5.48. The van der Waals surface area contributed by atoms with Crippen LogP contribution in [-0.2, 0) is 0 Å². The second-order valence-corrected chi connectivity index (χ2v) is 4.44. The molecule has 0 radical (unpaired) electrons. The molecule has 2 rings (SSSR count). The van der Waals surface area contributed by atoms with Gasteiger partial charge in [0.15, 0.2) is 0 Å². The van der Waals surface area contributed by atoms with E-state index < -0.39 is 0 Å². The number of aromatic nitrogens is 1. The van der Waals surface area contributed by atoms with Crippen LogP contribution < -0.4 is 5.32 Å². The zero-order valence-corrected chi connectivity index (χ0v) is 9.53. The summed E-state index contributed by atoms with van der Waals surface area (Å²) in [5, 5.41) is 3.58. The molecule has 1 fully saturated rings. The van der Waals surface area contributed by atoms with E-state index in [1.54, 1.807) is 0 Å². The fraction of sp³-hybridized carbons (Fsp3) is 0.583. The summed E-state index contributed by atoms with van der Waals surface area (Å²) in [6.07, 6.45) is 6.31. The van der Waals surface area contributed by atoms with Gasteiger partial charge in [-0.2, -0.15) is 0 Å². The van der Waals surface area contributed by atoms with Gasteiger partial charge in [-0.05, 0) is 45.0 Å². The largest absolute Gasteiger partial charge is 0.380 e. The number of nitrogens with zero attached hydrogens (tertiary/aromatic N) is 2. The van der Waals surface area contributed by atoms with Crippen LogP contribution in [0.5, 0.6) is 0 Å². The van der Waals surface area contributed by atoms with Crippen LogP contribution in [0.15, 0.2) is 18.5 Å². The molecule has 1 atom stereocenters. The first-order valence-corrected chi connectivity index (χ1v) is 5.61. The molecule has 3 nitrogen and oxygen atoms in total. The van der Waals surface area contributed by atoms with Gasteiger partial charge in [0.25, 0.3) is 0 Å². The molecule has 0 amide bonds. The fourth-order valence-electron chi connectivity index (χ4n) is 2.12. The fourth-order valence-corrected chi connectivity index (χ4v) is 2.12. The predicted octanol–water partition coefficient (Wildman–Crippen LogP) is 1.90. The molecule has 1 N–H and O–H groups in total. The van der Waals surface area contributed by atoms with Crippen molar-refractivity contribution in [1.82, 2.24) is 9.88 Å². The van der Waals surface area contributed by atoms with Crippen LogP contribution in [0.25, 0.3) is 0 Å². The molecule has 1 saturated heterocycles. The van der Waals surface area contributed by atoms with E-state index in [0.717, 1.165) is 6.54 Å². The molecule has 0 aliphatic carbocycles. The van der Waals surface area contributed by atoms with Crippen molar-refractivity contribution in [1.29, 1.82) is 0 Å². The summed E-state index contributed by atoms with van der Waals surface area (Å²) in [5.41, 5.74) is 2.45. The minimum Gasteiger partial charge on any atom is -0.380 e. The maximum atomic E-state index is 4.15. The molecule has 1 unspecified atom stereocenters. The van der Waals surface area contributed by atoms with Gasteiger partial charge in [0.05, 0.1) is 11.9 Å². The van der Waals surface area contributed by atoms with Crippen LogP contribution in [0.2, 0.25) is 0 Å². The van der Waals surface area contributed by atoms with Gasteiger partial charge in [0.1, 0.15) is 0 Å². The summed E-state index contributed by atoms with van der Waals surface area (Å²) in [4.78, 5) is 6.54. The van der Waals surface area contributed by atoms with Gasteiger partial charge in [0, 0.05) is 18.8 Å². The Labute approximate surface area is 91.5 Å². The Hall–Kier alpha value is -1.09. The van der Waals surface area contributed by atoms with Crippen LogP contribution >= 0.6 is 0 Å². The summed E-state index contributed by atoms with van der Waals surface area (Å²) in [5.74, 6) is 0. The second-order valence-electron chi connectivity index (χ2n) is 4.44. The zero-order valence-electron chi connectivity index (χ0n) is 9.53. The average Bonchev–Trinajstić information content (AvgIpc) is 2.22. The molecular formula is C12H19N3. The van der Waals surface area contributed by atoms with Crippen molar-refractivity contribution in [3.63, 3.8) is 0 Å². The zero-order chi connectivity index (χ0) is 10.7. The smallest absolute Gasteiger partial charge is 0.0559 e. The molecule has 1 aliphatic heterocycles. The number of anilines is 1. The number of rotatable bonds is 2. The molecule has 82 valence electrons. The van der Waals surface area contributed by atoms with Crippen LogP contribution in [0.4, 0.5) is 5.69 Å². The number of hydrogen-bond donors (Lipinski definition) is 1. The van der Waals surface area contributed by atoms with Gasteiger partial charge in [-0.25, -0.2) is 0 Å². The van der Waals surface area contributed by atoms with E-state index >= 15 is 0 Å². The Morgan fingerprint density at radius 1 is 1.53 bits per heavy atom. The Morgan fingerprint density at radius 3 is 3.13 bits per heavy atom. The van der Waals surface area contributed by atoms with E-state index in [1.807, 2.05) is 12.4 Å². The van der Waals surface area contributed by atoms with Gasteiger partial charge in [-0.15, -0.1) is 0 Å². The summed E-state index contributed by atoms with van der Waals surface area (Å²) in [6, 6.07) is 2.63. The topological polar surface area (TPSA) is 28.2 Å². The molecule has 1 aromatic rings. The van der Waals surface area contributed by atoms with E-state index in [4.69, 9.17) is 0 Å². The number of hydrogen-bond acceptors (Lipinski definition) is 3. The standard InChI is InChI=1S/C12H19N3/c1-10-5-6-13-8-12(10)14-11-4-3-7-15(2)9-11/h5-6,8,11,14H,3-4,7,9H2,1-2H3. The summed E-state index contributed by atoms with van der Waals surface area (Å²) < 4.78 is 0. The summed E-state index contributed by atoms with van der Waals surface area (Å²) in [6.45, 7) is 4.48. The van der Waals surface area contributed by atoms with E-state index in [2.05, 4.69) is 35.2 Å². The molecule has 1 aliphatic rings. The SMILES string of the molecule is Cc1ccncc1NC1CCCN(C)C1. The number of likely N-dealkylation sites (tertiary alicyclic amines) is 1. The number of nitrogens with one attached hydrogen (secondary N) is 1. The maximum Gasteiger partial charge on any atom is 0.0559 e. The number of pyridine rings is 1. The lowest BCUT2D eigenvalue weighted by molar-refractivity contribution is 0.261. The molecular weight excluding hydrogens is 186 g/mol. The highest BCUT2D eigenvalue weighted by Crippen LogP contribution is 2.17. The third-order valence-corrected chi connectivity index (χ3v) is 3.02. The van der Waals surface area contributed by atoms with E-state index in [9.17, 15) is 0 Å². The first-order valence-electron chi connectivity index (χ1n) is 5.61. The van der Waals surface area contributed by atoms with Crippen molar-refractivity contribution >= 4 is 5.69 Å². The third-order valence-electron chi connectivity index (χ3n) is 3.02. The van der Waals surface area contributed by atoms with Crippen molar-refractivity contribution in [3.05, 3.63) is 24.0 Å². The van der Waals surface area contributed by atoms with E-state index in [1.165, 1.54) is 30.6 Å². The highest BCUT2D eigenvalue weighted by Gasteiger charge is 2.17. The molecule has 0 bridgehead atoms. The highest BCUT2D eigenvalue weighted by atomic mass is 15.1. The Bertz CT molecular complexity index is 324. The molecule has 15 heavy (non-hydrogen) atoms. The minimum atomic E-state index is 0.576. The molecule has 2 heterocycles. The average molecular weight is 205 g/mol. The van der Waals surface area contributed by atoms with Gasteiger partial charge in [0.2, 0.25) is 0 Å². The van der Waals surface area contributed by atoms with Gasteiger partial charge >= 0.3 is 0 Å². The quantitative estimate of drug-likeness (QED) is 0.799. The lowest BCUT2D eigenvalue weighted by Gasteiger charge is -2.31. The molecule has 1 aromatic heterocycles. The molecule has 0 aromatic carbocycles. The van der Waals surface area contributed by atoms with Crippen molar-refractivity contribution < 1.29 is 0 Å². The number of aryl methyl sites for hydroxylation is 1. The van der Waals surface area contributed by atoms with Crippen LogP contribution in [-0.4, -0.2) is 36.1 Å². The van der Waals surface area contributed by atoms with Crippen LogP contribution in [0, 0.1) is 6.92 Å². The minimum absolute atomic E-state index is 0.576. The maximum absolute atomic E-state index is 4.15. The Morgan fingerprint density at radius 2 is 2.40 bits per heavy atom. The predicted molar refractivity (Wildman–Crippen MR) is 63.1 cm³/mol. The first kappa shape index (κ1) is 10.4. The normalized spacial score (nSPS) is 22.7. The van der Waals surface area contributed by atoms with Gasteiger partial charge in [-0.3, -0.25) is 4.98 Å².